The van der Waals surface area contributed by atoms with Crippen molar-refractivity contribution < 1.29 is 4.79 Å². The van der Waals surface area contributed by atoms with Gasteiger partial charge in [-0.3, -0.25) is 9.78 Å². The van der Waals surface area contributed by atoms with E-state index in [-0.39, 0.29) is 5.91 Å². The lowest BCUT2D eigenvalue weighted by atomic mass is 10.1. The summed E-state index contributed by atoms with van der Waals surface area (Å²) in [5.74, 6) is 0.206. The average Bonchev–Trinajstić information content (AvgIpc) is 2.53. The summed E-state index contributed by atoms with van der Waals surface area (Å²) in [6.45, 7) is 4.73. The third-order valence-corrected chi connectivity index (χ3v) is 3.33. The van der Waals surface area contributed by atoms with E-state index in [1.165, 1.54) is 0 Å². The Balaban J connectivity index is 1.95. The third-order valence-electron chi connectivity index (χ3n) is 3.33. The van der Waals surface area contributed by atoms with E-state index in [0.717, 1.165) is 17.7 Å². The van der Waals surface area contributed by atoms with Crippen LogP contribution in [-0.4, -0.2) is 39.6 Å². The minimum Gasteiger partial charge on any atom is -0.340 e. The van der Waals surface area contributed by atoms with Crippen LogP contribution < -0.4 is 0 Å². The van der Waals surface area contributed by atoms with Gasteiger partial charge in [-0.05, 0) is 42.2 Å². The van der Waals surface area contributed by atoms with Crippen molar-refractivity contribution in [3.8, 4) is 0 Å². The van der Waals surface area contributed by atoms with Crippen LogP contribution in [0.1, 0.15) is 41.5 Å². The Morgan fingerprint density at radius 3 is 2.43 bits per heavy atom. The second kappa shape index (κ2) is 6.92. The Bertz CT molecular complexity index is 581. The molecule has 1 amide bonds. The van der Waals surface area contributed by atoms with E-state index >= 15 is 0 Å². The molecule has 2 heterocycles. The highest BCUT2D eigenvalue weighted by Gasteiger charge is 2.14. The molecule has 5 heteroatoms. The molecule has 0 aliphatic rings. The maximum Gasteiger partial charge on any atom is 0.274 e. The van der Waals surface area contributed by atoms with E-state index in [2.05, 4.69) is 15.2 Å². The van der Waals surface area contributed by atoms with Crippen LogP contribution in [0.5, 0.6) is 0 Å². The van der Waals surface area contributed by atoms with E-state index in [0.29, 0.717) is 18.2 Å². The molecule has 0 aromatic carbocycles. The number of aromatic nitrogens is 3. The van der Waals surface area contributed by atoms with Gasteiger partial charge in [0.05, 0.1) is 5.69 Å². The van der Waals surface area contributed by atoms with Crippen molar-refractivity contribution in [3.63, 3.8) is 0 Å². The Morgan fingerprint density at radius 1 is 1.14 bits per heavy atom. The molecule has 110 valence electrons. The summed E-state index contributed by atoms with van der Waals surface area (Å²) in [5, 5.41) is 8.12. The van der Waals surface area contributed by atoms with Crippen molar-refractivity contribution in [1.29, 1.82) is 0 Å². The molecule has 0 saturated heterocycles. The van der Waals surface area contributed by atoms with Crippen LogP contribution in [0.4, 0.5) is 0 Å². The fourth-order valence-electron chi connectivity index (χ4n) is 1.91. The van der Waals surface area contributed by atoms with Gasteiger partial charge < -0.3 is 4.90 Å². The first kappa shape index (κ1) is 15.1. The van der Waals surface area contributed by atoms with Gasteiger partial charge in [0.15, 0.2) is 5.69 Å². The van der Waals surface area contributed by atoms with Crippen molar-refractivity contribution in [2.75, 3.05) is 13.6 Å². The zero-order valence-electron chi connectivity index (χ0n) is 12.7. The van der Waals surface area contributed by atoms with Gasteiger partial charge in [0.25, 0.3) is 5.91 Å². The monoisotopic (exact) mass is 284 g/mol. The first-order valence-corrected chi connectivity index (χ1v) is 7.06. The van der Waals surface area contributed by atoms with Gasteiger partial charge in [-0.1, -0.05) is 13.8 Å². The van der Waals surface area contributed by atoms with E-state index in [4.69, 9.17) is 0 Å². The molecule has 0 saturated carbocycles. The normalized spacial score (nSPS) is 10.7. The number of rotatable bonds is 5. The average molecular weight is 284 g/mol. The number of carbonyl (C=O) groups excluding carboxylic acids is 1. The molecule has 0 N–H and O–H groups in total. The fraction of sp³-hybridized carbons (Fsp3) is 0.375. The van der Waals surface area contributed by atoms with Crippen molar-refractivity contribution in [3.05, 3.63) is 53.6 Å². The molecule has 0 bridgehead atoms. The largest absolute Gasteiger partial charge is 0.340 e. The molecule has 5 nitrogen and oxygen atoms in total. The smallest absolute Gasteiger partial charge is 0.274 e. The Labute approximate surface area is 125 Å². The van der Waals surface area contributed by atoms with Gasteiger partial charge in [-0.2, -0.15) is 5.10 Å². The lowest BCUT2D eigenvalue weighted by Gasteiger charge is -2.16. The molecule has 2 rings (SSSR count). The van der Waals surface area contributed by atoms with E-state index < -0.39 is 0 Å². The molecule has 21 heavy (non-hydrogen) atoms. The molecule has 0 atom stereocenters. The SMILES string of the molecule is CC(C)c1ccc(C(=O)N(C)CCc2ccncc2)nn1. The number of carbonyl (C=O) groups is 1. The summed E-state index contributed by atoms with van der Waals surface area (Å²) < 4.78 is 0. The number of amides is 1. The maximum absolute atomic E-state index is 12.3. The lowest BCUT2D eigenvalue weighted by Crippen LogP contribution is -2.29. The second-order valence-corrected chi connectivity index (χ2v) is 5.33. The molecule has 0 aliphatic carbocycles. The summed E-state index contributed by atoms with van der Waals surface area (Å²) >= 11 is 0. The predicted octanol–water partition coefficient (Wildman–Crippen LogP) is 2.31. The second-order valence-electron chi connectivity index (χ2n) is 5.33. The van der Waals surface area contributed by atoms with E-state index in [1.807, 2.05) is 32.0 Å². The number of nitrogens with zero attached hydrogens (tertiary/aromatic N) is 4. The molecule has 2 aromatic rings. The Hall–Kier alpha value is -2.30. The molecule has 2 aromatic heterocycles. The standard InChI is InChI=1S/C16H20N4O/c1-12(2)14-4-5-15(19-18-14)16(21)20(3)11-8-13-6-9-17-10-7-13/h4-7,9-10,12H,8,11H2,1-3H3. The van der Waals surface area contributed by atoms with Gasteiger partial charge in [-0.15, -0.1) is 5.10 Å². The van der Waals surface area contributed by atoms with Gasteiger partial charge >= 0.3 is 0 Å². The first-order chi connectivity index (χ1) is 10.1. The molecule has 0 fully saturated rings. The maximum atomic E-state index is 12.3. The van der Waals surface area contributed by atoms with E-state index in [9.17, 15) is 4.79 Å². The minimum atomic E-state index is -0.105. The summed E-state index contributed by atoms with van der Waals surface area (Å²) in [6, 6.07) is 7.51. The van der Waals surface area contributed by atoms with Crippen molar-refractivity contribution in [2.45, 2.75) is 26.2 Å². The lowest BCUT2D eigenvalue weighted by molar-refractivity contribution is 0.0789. The first-order valence-electron chi connectivity index (χ1n) is 7.06. The Morgan fingerprint density at radius 2 is 1.86 bits per heavy atom. The third kappa shape index (κ3) is 4.08. The molecular formula is C16H20N4O. The number of pyridine rings is 1. The zero-order chi connectivity index (χ0) is 15.2. The highest BCUT2D eigenvalue weighted by Crippen LogP contribution is 2.10. The van der Waals surface area contributed by atoms with Crippen LogP contribution in [0, 0.1) is 0 Å². The number of likely N-dealkylation sites (N-methyl/N-ethyl adjacent to an activating group) is 1. The van der Waals surface area contributed by atoms with Crippen LogP contribution >= 0.6 is 0 Å². The van der Waals surface area contributed by atoms with Gasteiger partial charge in [-0.25, -0.2) is 0 Å². The number of hydrogen-bond acceptors (Lipinski definition) is 4. The number of hydrogen-bond donors (Lipinski definition) is 0. The molecule has 0 radical (unpaired) electrons. The summed E-state index contributed by atoms with van der Waals surface area (Å²) in [5.41, 5.74) is 2.44. The van der Waals surface area contributed by atoms with Crippen molar-refractivity contribution in [2.24, 2.45) is 0 Å². The predicted molar refractivity (Wildman–Crippen MR) is 81.0 cm³/mol. The van der Waals surface area contributed by atoms with Crippen LogP contribution in [-0.2, 0) is 6.42 Å². The van der Waals surface area contributed by atoms with E-state index in [1.54, 1.807) is 30.4 Å². The van der Waals surface area contributed by atoms with Crippen molar-refractivity contribution >= 4 is 5.91 Å². The fourth-order valence-corrected chi connectivity index (χ4v) is 1.91. The summed E-state index contributed by atoms with van der Waals surface area (Å²) in [6.07, 6.45) is 4.31. The topological polar surface area (TPSA) is 59.0 Å². The highest BCUT2D eigenvalue weighted by molar-refractivity contribution is 5.91. The zero-order valence-corrected chi connectivity index (χ0v) is 12.7. The van der Waals surface area contributed by atoms with Crippen LogP contribution in [0.2, 0.25) is 0 Å². The van der Waals surface area contributed by atoms with Gasteiger partial charge in [0.1, 0.15) is 0 Å². The molecular weight excluding hydrogens is 264 g/mol. The quantitative estimate of drug-likeness (QED) is 0.845. The van der Waals surface area contributed by atoms with Crippen LogP contribution in [0.15, 0.2) is 36.7 Å². The summed E-state index contributed by atoms with van der Waals surface area (Å²) in [7, 11) is 1.78. The highest BCUT2D eigenvalue weighted by atomic mass is 16.2. The van der Waals surface area contributed by atoms with Crippen molar-refractivity contribution in [1.82, 2.24) is 20.1 Å². The summed E-state index contributed by atoms with van der Waals surface area (Å²) in [4.78, 5) is 17.9. The molecule has 0 unspecified atom stereocenters. The van der Waals surface area contributed by atoms with Gasteiger partial charge in [0, 0.05) is 26.0 Å². The van der Waals surface area contributed by atoms with Gasteiger partial charge in [0.2, 0.25) is 0 Å². The minimum absolute atomic E-state index is 0.105. The van der Waals surface area contributed by atoms with Crippen LogP contribution in [0.25, 0.3) is 0 Å². The molecule has 0 aliphatic heterocycles. The molecule has 0 spiro atoms. The van der Waals surface area contributed by atoms with Crippen LogP contribution in [0.3, 0.4) is 0 Å². The Kier molecular flexibility index (Phi) is 4.98.